The van der Waals surface area contributed by atoms with Gasteiger partial charge in [0.2, 0.25) is 0 Å². The zero-order chi connectivity index (χ0) is 13.3. The van der Waals surface area contributed by atoms with Crippen LogP contribution in [-0.2, 0) is 12.8 Å². The molecule has 0 radical (unpaired) electrons. The predicted molar refractivity (Wildman–Crippen MR) is 76.1 cm³/mol. The first-order valence-electron chi connectivity index (χ1n) is 6.78. The van der Waals surface area contributed by atoms with Crippen LogP contribution in [0.3, 0.4) is 0 Å². The van der Waals surface area contributed by atoms with Crippen molar-refractivity contribution in [3.05, 3.63) is 23.1 Å². The van der Waals surface area contributed by atoms with Crippen LogP contribution in [0.15, 0.2) is 12.7 Å². The largest absolute Gasteiger partial charge is 0.259 e. The maximum atomic E-state index is 4.46. The van der Waals surface area contributed by atoms with E-state index in [-0.39, 0.29) is 0 Å². The number of aryl methyl sites for hydroxylation is 1. The van der Waals surface area contributed by atoms with E-state index in [0.29, 0.717) is 0 Å². The average molecular weight is 284 g/mol. The first-order chi connectivity index (χ1) is 9.83. The summed E-state index contributed by atoms with van der Waals surface area (Å²) in [5.41, 5.74) is 2.37. The smallest absolute Gasteiger partial charge is 0.256 e. The highest BCUT2D eigenvalue weighted by Crippen LogP contribution is 2.39. The quantitative estimate of drug-likeness (QED) is 0.496. The van der Waals surface area contributed by atoms with Crippen molar-refractivity contribution in [2.75, 3.05) is 0 Å². The predicted octanol–water partition coefficient (Wildman–Crippen LogP) is 2.11. The molecule has 6 nitrogen and oxygen atoms in total. The summed E-state index contributed by atoms with van der Waals surface area (Å²) < 4.78 is 3.83. The molecule has 1 atom stereocenters. The standard InChI is InChI=1S/C13H12N6S/c1-7-2-3-9-8(4-7)10-11-14-5-16-19(11)13-17-15-6-18(13)12(10)20-9/h5-7H,2-4H2,1H3/t7-/m0/s1. The highest BCUT2D eigenvalue weighted by atomic mass is 32.1. The van der Waals surface area contributed by atoms with Crippen LogP contribution in [0.1, 0.15) is 23.8 Å². The zero-order valence-electron chi connectivity index (χ0n) is 10.9. The van der Waals surface area contributed by atoms with Crippen LogP contribution in [0, 0.1) is 5.92 Å². The molecule has 7 heteroatoms. The number of thiophene rings is 1. The first-order valence-corrected chi connectivity index (χ1v) is 7.60. The number of hydrogen-bond acceptors (Lipinski definition) is 5. The Bertz CT molecular complexity index is 962. The molecule has 0 aliphatic heterocycles. The molecule has 100 valence electrons. The third kappa shape index (κ3) is 1.19. The van der Waals surface area contributed by atoms with E-state index in [1.165, 1.54) is 33.5 Å². The van der Waals surface area contributed by atoms with Gasteiger partial charge in [0.15, 0.2) is 5.65 Å². The number of aromatic nitrogens is 6. The van der Waals surface area contributed by atoms with Gasteiger partial charge in [-0.1, -0.05) is 6.92 Å². The Morgan fingerprint density at radius 3 is 3.30 bits per heavy atom. The Balaban J connectivity index is 2.06. The summed E-state index contributed by atoms with van der Waals surface area (Å²) >= 11 is 1.86. The molecule has 20 heavy (non-hydrogen) atoms. The van der Waals surface area contributed by atoms with Crippen LogP contribution < -0.4 is 0 Å². The van der Waals surface area contributed by atoms with E-state index in [4.69, 9.17) is 0 Å². The minimum Gasteiger partial charge on any atom is -0.256 e. The van der Waals surface area contributed by atoms with Gasteiger partial charge >= 0.3 is 0 Å². The molecular formula is C13H12N6S. The van der Waals surface area contributed by atoms with Crippen molar-refractivity contribution in [1.29, 1.82) is 0 Å². The number of fused-ring (bicyclic) bond motifs is 8. The average Bonchev–Trinajstić information content (AvgIpc) is 3.14. The van der Waals surface area contributed by atoms with E-state index < -0.39 is 0 Å². The second-order valence-corrected chi connectivity index (χ2v) is 6.61. The lowest BCUT2D eigenvalue weighted by atomic mass is 9.89. The molecule has 0 bridgehead atoms. The molecule has 4 aromatic heterocycles. The van der Waals surface area contributed by atoms with Crippen LogP contribution in [0.4, 0.5) is 0 Å². The van der Waals surface area contributed by atoms with Crippen molar-refractivity contribution < 1.29 is 0 Å². The van der Waals surface area contributed by atoms with Crippen LogP contribution in [0.25, 0.3) is 21.6 Å². The maximum Gasteiger partial charge on any atom is 0.259 e. The Hall–Kier alpha value is -2.02. The lowest BCUT2D eigenvalue weighted by Gasteiger charge is -2.17. The monoisotopic (exact) mass is 284 g/mol. The van der Waals surface area contributed by atoms with Crippen molar-refractivity contribution in [2.45, 2.75) is 26.2 Å². The number of nitrogens with zero attached hydrogens (tertiary/aromatic N) is 6. The van der Waals surface area contributed by atoms with E-state index >= 15 is 0 Å². The van der Waals surface area contributed by atoms with Gasteiger partial charge in [-0.2, -0.15) is 9.61 Å². The summed E-state index contributed by atoms with van der Waals surface area (Å²) in [7, 11) is 0. The van der Waals surface area contributed by atoms with Gasteiger partial charge in [-0.15, -0.1) is 21.5 Å². The van der Waals surface area contributed by atoms with Crippen molar-refractivity contribution >= 4 is 33.0 Å². The van der Waals surface area contributed by atoms with Crippen molar-refractivity contribution in [3.63, 3.8) is 0 Å². The zero-order valence-corrected chi connectivity index (χ0v) is 11.8. The fourth-order valence-electron chi connectivity index (χ4n) is 3.22. The maximum absolute atomic E-state index is 4.46. The van der Waals surface area contributed by atoms with Gasteiger partial charge in [0, 0.05) is 4.88 Å². The molecule has 1 aliphatic carbocycles. The van der Waals surface area contributed by atoms with Gasteiger partial charge in [-0.25, -0.2) is 4.98 Å². The summed E-state index contributed by atoms with van der Waals surface area (Å²) in [5.74, 6) is 1.47. The molecule has 0 fully saturated rings. The Labute approximate surface area is 118 Å². The van der Waals surface area contributed by atoms with Crippen LogP contribution >= 0.6 is 11.3 Å². The molecule has 1 aliphatic rings. The lowest BCUT2D eigenvalue weighted by Crippen LogP contribution is -2.09. The minimum atomic E-state index is 0.733. The van der Waals surface area contributed by atoms with Crippen LogP contribution in [0.2, 0.25) is 0 Å². The SMILES string of the molecule is C[C@H]1CCc2sc3c(c2C1)c1ncnn1c1nncn31. The van der Waals surface area contributed by atoms with E-state index in [1.807, 2.05) is 15.7 Å². The highest BCUT2D eigenvalue weighted by molar-refractivity contribution is 7.19. The summed E-state index contributed by atoms with van der Waals surface area (Å²) in [6.45, 7) is 2.32. The molecular weight excluding hydrogens is 272 g/mol. The van der Waals surface area contributed by atoms with Gasteiger partial charge in [0.1, 0.15) is 17.5 Å². The normalized spacial score (nSPS) is 19.1. The minimum absolute atomic E-state index is 0.733. The lowest BCUT2D eigenvalue weighted by molar-refractivity contribution is 0.508. The number of rotatable bonds is 0. The summed E-state index contributed by atoms with van der Waals surface area (Å²) in [5, 5.41) is 13.7. The summed E-state index contributed by atoms with van der Waals surface area (Å²) in [6, 6.07) is 0. The second-order valence-electron chi connectivity index (χ2n) is 5.53. The first kappa shape index (κ1) is 10.7. The van der Waals surface area contributed by atoms with E-state index in [0.717, 1.165) is 23.8 Å². The molecule has 0 saturated carbocycles. The molecule has 0 saturated heterocycles. The molecule has 0 N–H and O–H groups in total. The molecule has 4 heterocycles. The molecule has 0 amide bonds. The summed E-state index contributed by atoms with van der Waals surface area (Å²) in [6.07, 6.45) is 6.93. The van der Waals surface area contributed by atoms with Crippen LogP contribution in [0.5, 0.6) is 0 Å². The third-order valence-corrected chi connectivity index (χ3v) is 5.49. The van der Waals surface area contributed by atoms with E-state index in [9.17, 15) is 0 Å². The summed E-state index contributed by atoms with van der Waals surface area (Å²) in [4.78, 5) is 7.15. The number of hydrogen-bond donors (Lipinski definition) is 0. The molecule has 0 unspecified atom stereocenters. The van der Waals surface area contributed by atoms with Gasteiger partial charge in [0.05, 0.1) is 5.39 Å². The fourth-order valence-corrected chi connectivity index (χ4v) is 4.52. The van der Waals surface area contributed by atoms with Gasteiger partial charge in [-0.05, 0) is 30.7 Å². The molecule has 0 spiro atoms. The van der Waals surface area contributed by atoms with Gasteiger partial charge in [-0.3, -0.25) is 4.40 Å². The molecule has 0 aromatic carbocycles. The van der Waals surface area contributed by atoms with Gasteiger partial charge in [0.25, 0.3) is 5.78 Å². The topological polar surface area (TPSA) is 60.4 Å². The van der Waals surface area contributed by atoms with E-state index in [2.05, 4.69) is 27.2 Å². The highest BCUT2D eigenvalue weighted by Gasteiger charge is 2.24. The third-order valence-electron chi connectivity index (χ3n) is 4.20. The Morgan fingerprint density at radius 1 is 1.40 bits per heavy atom. The Morgan fingerprint density at radius 2 is 2.35 bits per heavy atom. The van der Waals surface area contributed by atoms with Crippen molar-refractivity contribution in [1.82, 2.24) is 29.2 Å². The Kier molecular flexibility index (Phi) is 1.90. The fraction of sp³-hybridized carbons (Fsp3) is 0.385. The second kappa shape index (κ2) is 3.54. The van der Waals surface area contributed by atoms with Gasteiger partial charge < -0.3 is 0 Å². The van der Waals surface area contributed by atoms with E-state index in [1.54, 1.807) is 17.2 Å². The molecule has 5 rings (SSSR count). The van der Waals surface area contributed by atoms with Crippen molar-refractivity contribution in [2.24, 2.45) is 5.92 Å². The van der Waals surface area contributed by atoms with Crippen LogP contribution in [-0.4, -0.2) is 29.2 Å². The molecule has 4 aromatic rings. The van der Waals surface area contributed by atoms with Crippen molar-refractivity contribution in [3.8, 4) is 0 Å².